The number of nitrogens with zero attached hydrogens (tertiary/aromatic N) is 1. The molecule has 0 aliphatic carbocycles. The van der Waals surface area contributed by atoms with Gasteiger partial charge in [0.05, 0.1) is 5.56 Å². The van der Waals surface area contributed by atoms with E-state index in [4.69, 9.17) is 11.6 Å². The molecular formula is C16H14ClFINO. The van der Waals surface area contributed by atoms with Gasteiger partial charge >= 0.3 is 0 Å². The summed E-state index contributed by atoms with van der Waals surface area (Å²) in [5.41, 5.74) is 1.53. The highest BCUT2D eigenvalue weighted by Crippen LogP contribution is 2.17. The van der Waals surface area contributed by atoms with Crippen LogP contribution in [-0.4, -0.2) is 23.2 Å². The highest BCUT2D eigenvalue weighted by Gasteiger charge is 2.18. The van der Waals surface area contributed by atoms with Crippen molar-refractivity contribution < 1.29 is 9.18 Å². The molecule has 0 radical (unpaired) electrons. The van der Waals surface area contributed by atoms with Crippen molar-refractivity contribution in [3.8, 4) is 0 Å². The molecule has 0 unspecified atom stereocenters. The second kappa shape index (κ2) is 7.75. The Balaban J connectivity index is 2.23. The van der Waals surface area contributed by atoms with Crippen molar-refractivity contribution in [1.82, 2.24) is 4.90 Å². The second-order valence-corrected chi connectivity index (χ2v) is 6.07. The standard InChI is InChI=1S/C16H14ClFINO/c17-8-9-20(11-12-4-2-1-3-5-12)16(21)14-7-6-13(18)10-15(14)19/h1-7,10H,8-9,11H2. The molecule has 0 bridgehead atoms. The summed E-state index contributed by atoms with van der Waals surface area (Å²) in [6.45, 7) is 0.933. The summed E-state index contributed by atoms with van der Waals surface area (Å²) >= 11 is 7.78. The second-order valence-electron chi connectivity index (χ2n) is 4.53. The molecular weight excluding hydrogens is 404 g/mol. The van der Waals surface area contributed by atoms with E-state index in [1.54, 1.807) is 4.90 Å². The number of halogens is 3. The topological polar surface area (TPSA) is 20.3 Å². The van der Waals surface area contributed by atoms with Gasteiger partial charge in [0.25, 0.3) is 5.91 Å². The normalized spacial score (nSPS) is 10.4. The maximum atomic E-state index is 13.2. The van der Waals surface area contributed by atoms with Gasteiger partial charge in [-0.05, 0) is 46.4 Å². The zero-order valence-corrected chi connectivity index (χ0v) is 14.1. The summed E-state index contributed by atoms with van der Waals surface area (Å²) < 4.78 is 13.8. The van der Waals surface area contributed by atoms with Crippen molar-refractivity contribution >= 4 is 40.1 Å². The monoisotopic (exact) mass is 417 g/mol. The number of benzene rings is 2. The van der Waals surface area contributed by atoms with Gasteiger partial charge in [0, 0.05) is 22.5 Å². The quantitative estimate of drug-likeness (QED) is 0.524. The third-order valence-electron chi connectivity index (χ3n) is 3.02. The number of carbonyl (C=O) groups excluding carboxylic acids is 1. The summed E-state index contributed by atoms with van der Waals surface area (Å²) in [6.07, 6.45) is 0. The summed E-state index contributed by atoms with van der Waals surface area (Å²) in [5, 5.41) is 0. The zero-order chi connectivity index (χ0) is 15.2. The van der Waals surface area contributed by atoms with Crippen LogP contribution in [0.3, 0.4) is 0 Å². The molecule has 0 spiro atoms. The van der Waals surface area contributed by atoms with Crippen molar-refractivity contribution in [2.45, 2.75) is 6.54 Å². The van der Waals surface area contributed by atoms with Gasteiger partial charge in [0.1, 0.15) is 5.82 Å². The molecule has 21 heavy (non-hydrogen) atoms. The lowest BCUT2D eigenvalue weighted by Gasteiger charge is -2.22. The van der Waals surface area contributed by atoms with E-state index >= 15 is 0 Å². The van der Waals surface area contributed by atoms with E-state index in [1.165, 1.54) is 18.2 Å². The van der Waals surface area contributed by atoms with E-state index in [2.05, 4.69) is 0 Å². The molecule has 2 nitrogen and oxygen atoms in total. The minimum Gasteiger partial charge on any atom is -0.333 e. The Labute approximate surface area is 142 Å². The highest BCUT2D eigenvalue weighted by atomic mass is 127. The van der Waals surface area contributed by atoms with Crippen LogP contribution in [0.1, 0.15) is 15.9 Å². The number of amides is 1. The fourth-order valence-electron chi connectivity index (χ4n) is 1.99. The van der Waals surface area contributed by atoms with Gasteiger partial charge in [-0.3, -0.25) is 4.79 Å². The van der Waals surface area contributed by atoms with E-state index < -0.39 is 0 Å². The Bertz CT molecular complexity index is 621. The average Bonchev–Trinajstić information content (AvgIpc) is 2.47. The molecule has 0 aliphatic rings. The molecule has 0 heterocycles. The van der Waals surface area contributed by atoms with Gasteiger partial charge in [-0.2, -0.15) is 0 Å². The van der Waals surface area contributed by atoms with Gasteiger partial charge in [-0.25, -0.2) is 4.39 Å². The lowest BCUT2D eigenvalue weighted by atomic mass is 10.1. The largest absolute Gasteiger partial charge is 0.333 e. The van der Waals surface area contributed by atoms with Crippen LogP contribution >= 0.6 is 34.2 Å². The first kappa shape index (κ1) is 16.2. The minimum atomic E-state index is -0.345. The molecule has 2 aromatic carbocycles. The summed E-state index contributed by atoms with van der Waals surface area (Å²) in [6, 6.07) is 13.9. The Hall–Kier alpha value is -1.14. The molecule has 0 aliphatic heterocycles. The summed E-state index contributed by atoms with van der Waals surface area (Å²) in [4.78, 5) is 14.3. The summed E-state index contributed by atoms with van der Waals surface area (Å²) in [7, 11) is 0. The van der Waals surface area contributed by atoms with E-state index in [-0.39, 0.29) is 11.7 Å². The predicted molar refractivity (Wildman–Crippen MR) is 91.0 cm³/mol. The van der Waals surface area contributed by atoms with Crippen molar-refractivity contribution in [2.24, 2.45) is 0 Å². The molecule has 0 atom stereocenters. The molecule has 0 saturated heterocycles. The highest BCUT2D eigenvalue weighted by molar-refractivity contribution is 14.1. The van der Waals surface area contributed by atoms with Crippen molar-refractivity contribution in [3.63, 3.8) is 0 Å². The van der Waals surface area contributed by atoms with Gasteiger partial charge in [0.2, 0.25) is 0 Å². The van der Waals surface area contributed by atoms with Crippen LogP contribution < -0.4 is 0 Å². The number of hydrogen-bond acceptors (Lipinski definition) is 1. The van der Waals surface area contributed by atoms with E-state index in [1.807, 2.05) is 52.9 Å². The van der Waals surface area contributed by atoms with E-state index in [9.17, 15) is 9.18 Å². The Morgan fingerprint density at radius 1 is 1.19 bits per heavy atom. The van der Waals surface area contributed by atoms with Crippen LogP contribution in [-0.2, 0) is 6.54 Å². The van der Waals surface area contributed by atoms with Crippen molar-refractivity contribution in [3.05, 3.63) is 69.0 Å². The molecule has 2 aromatic rings. The molecule has 0 fully saturated rings. The van der Waals surface area contributed by atoms with Gasteiger partial charge in [0.15, 0.2) is 0 Å². The van der Waals surface area contributed by atoms with Gasteiger partial charge in [-0.15, -0.1) is 11.6 Å². The van der Waals surface area contributed by atoms with Crippen LogP contribution in [0.2, 0.25) is 0 Å². The maximum absolute atomic E-state index is 13.2. The van der Waals surface area contributed by atoms with Crippen LogP contribution in [0.15, 0.2) is 48.5 Å². The van der Waals surface area contributed by atoms with Crippen molar-refractivity contribution in [1.29, 1.82) is 0 Å². The van der Waals surface area contributed by atoms with Crippen LogP contribution in [0.5, 0.6) is 0 Å². The third kappa shape index (κ3) is 4.41. The Morgan fingerprint density at radius 3 is 2.52 bits per heavy atom. The number of hydrogen-bond donors (Lipinski definition) is 0. The van der Waals surface area contributed by atoms with Crippen LogP contribution in [0.4, 0.5) is 4.39 Å². The van der Waals surface area contributed by atoms with Gasteiger partial charge < -0.3 is 4.90 Å². The first-order valence-corrected chi connectivity index (χ1v) is 8.07. The van der Waals surface area contributed by atoms with Crippen molar-refractivity contribution in [2.75, 3.05) is 12.4 Å². The first-order chi connectivity index (χ1) is 10.1. The fourth-order valence-corrected chi connectivity index (χ4v) is 2.90. The molecule has 5 heteroatoms. The predicted octanol–water partition coefficient (Wildman–Crippen LogP) is 4.31. The zero-order valence-electron chi connectivity index (χ0n) is 11.2. The lowest BCUT2D eigenvalue weighted by Crippen LogP contribution is -2.32. The smallest absolute Gasteiger partial charge is 0.255 e. The summed E-state index contributed by atoms with van der Waals surface area (Å²) in [5.74, 6) is -0.122. The third-order valence-corrected chi connectivity index (χ3v) is 4.08. The molecule has 2 rings (SSSR count). The van der Waals surface area contributed by atoms with E-state index in [0.29, 0.717) is 28.1 Å². The average molecular weight is 418 g/mol. The number of carbonyl (C=O) groups is 1. The SMILES string of the molecule is O=C(c1ccc(F)cc1I)N(CCCl)Cc1ccccc1. The molecule has 0 saturated carbocycles. The number of rotatable bonds is 5. The van der Waals surface area contributed by atoms with Crippen LogP contribution in [0.25, 0.3) is 0 Å². The lowest BCUT2D eigenvalue weighted by molar-refractivity contribution is 0.0752. The number of alkyl halides is 1. The molecule has 1 amide bonds. The molecule has 0 N–H and O–H groups in total. The minimum absolute atomic E-state index is 0.135. The maximum Gasteiger partial charge on any atom is 0.255 e. The van der Waals surface area contributed by atoms with E-state index in [0.717, 1.165) is 5.56 Å². The Kier molecular flexibility index (Phi) is 5.99. The molecule has 110 valence electrons. The first-order valence-electron chi connectivity index (χ1n) is 6.46. The Morgan fingerprint density at radius 2 is 1.90 bits per heavy atom. The fraction of sp³-hybridized carbons (Fsp3) is 0.188. The van der Waals surface area contributed by atoms with Gasteiger partial charge in [-0.1, -0.05) is 30.3 Å². The molecule has 0 aromatic heterocycles. The van der Waals surface area contributed by atoms with Crippen LogP contribution in [0, 0.1) is 9.39 Å².